The van der Waals surface area contributed by atoms with Crippen molar-refractivity contribution in [1.29, 1.82) is 0 Å². The third-order valence-corrected chi connectivity index (χ3v) is 6.40. The molecule has 1 heterocycles. The molecule has 30 heavy (non-hydrogen) atoms. The van der Waals surface area contributed by atoms with Gasteiger partial charge in [0.15, 0.2) is 0 Å². The van der Waals surface area contributed by atoms with Crippen LogP contribution in [0.2, 0.25) is 0 Å². The van der Waals surface area contributed by atoms with Crippen LogP contribution in [0.3, 0.4) is 0 Å². The van der Waals surface area contributed by atoms with E-state index in [1.54, 1.807) is 0 Å². The Morgan fingerprint density at radius 3 is 2.07 bits per heavy atom. The minimum atomic E-state index is -0.780. The summed E-state index contributed by atoms with van der Waals surface area (Å²) in [7, 11) is 6.36. The van der Waals surface area contributed by atoms with Gasteiger partial charge in [0.05, 0.1) is 18.2 Å². The Labute approximate surface area is 180 Å². The van der Waals surface area contributed by atoms with Crippen LogP contribution in [0.1, 0.15) is 41.5 Å². The molecule has 0 spiro atoms. The highest BCUT2D eigenvalue weighted by molar-refractivity contribution is 6.11. The maximum absolute atomic E-state index is 9.54. The van der Waals surface area contributed by atoms with E-state index in [9.17, 15) is 5.11 Å². The Balaban J connectivity index is 1.77. The quantitative estimate of drug-likeness (QED) is 0.507. The van der Waals surface area contributed by atoms with Crippen molar-refractivity contribution in [3.05, 3.63) is 107 Å². The highest BCUT2D eigenvalue weighted by atomic mass is 16.5. The van der Waals surface area contributed by atoms with Gasteiger partial charge in [0.25, 0.3) is 0 Å². The van der Waals surface area contributed by atoms with E-state index in [0.29, 0.717) is 0 Å². The lowest BCUT2D eigenvalue weighted by Crippen LogP contribution is -2.42. The van der Waals surface area contributed by atoms with Crippen molar-refractivity contribution in [3.63, 3.8) is 0 Å². The van der Waals surface area contributed by atoms with Gasteiger partial charge in [-0.05, 0) is 34.6 Å². The van der Waals surface area contributed by atoms with Crippen LogP contribution in [0, 0.1) is 5.92 Å². The van der Waals surface area contributed by atoms with E-state index in [1.807, 2.05) is 42.5 Å². The number of rotatable bonds is 5. The molecule has 0 saturated carbocycles. The number of aliphatic hydroxyl groups excluding tert-OH is 1. The van der Waals surface area contributed by atoms with E-state index in [0.717, 1.165) is 28.7 Å². The number of ether oxygens (including phenoxy) is 1. The zero-order valence-electron chi connectivity index (χ0n) is 17.3. The maximum Gasteiger partial charge on any atom is 0.109 e. The first kappa shape index (κ1) is 20.9. The molecule has 3 N–H and O–H groups in total. The second kappa shape index (κ2) is 8.77. The Hall–Kier alpha value is -2.40. The summed E-state index contributed by atoms with van der Waals surface area (Å²) >= 11 is 0. The van der Waals surface area contributed by atoms with Gasteiger partial charge < -0.3 is 15.6 Å². The van der Waals surface area contributed by atoms with Crippen LogP contribution in [-0.4, -0.2) is 31.7 Å². The lowest BCUT2D eigenvalue weighted by atomic mass is 9.72. The standard InChI is InChI=1S/C26H28BNO2/c1-18-15-23(25(27)30-24(18)17-29)19-9-8-14-22(16-19)26(28,20-10-4-2-5-11-20)21-12-6-3-7-13-21/h2-14,16,18,23-25,29H,15,17,28H2,1H3/t18-,23?,24+,25+/m0/s1. The first-order valence-corrected chi connectivity index (χ1v) is 10.6. The second-order valence-corrected chi connectivity index (χ2v) is 8.31. The fraction of sp³-hybridized carbons (Fsp3) is 0.308. The van der Waals surface area contributed by atoms with E-state index in [4.69, 9.17) is 18.3 Å². The monoisotopic (exact) mass is 397 g/mol. The van der Waals surface area contributed by atoms with E-state index in [-0.39, 0.29) is 24.5 Å². The first-order chi connectivity index (χ1) is 14.5. The van der Waals surface area contributed by atoms with Gasteiger partial charge in [-0.3, -0.25) is 0 Å². The van der Waals surface area contributed by atoms with Gasteiger partial charge in [-0.25, -0.2) is 0 Å². The molecule has 3 aromatic carbocycles. The molecule has 4 atom stereocenters. The average molecular weight is 397 g/mol. The van der Waals surface area contributed by atoms with Crippen molar-refractivity contribution in [1.82, 2.24) is 0 Å². The molecular weight excluding hydrogens is 369 g/mol. The van der Waals surface area contributed by atoms with Crippen LogP contribution >= 0.6 is 0 Å². The third kappa shape index (κ3) is 3.83. The molecule has 0 aromatic heterocycles. The minimum absolute atomic E-state index is 0.00441. The fourth-order valence-electron chi connectivity index (χ4n) is 4.58. The minimum Gasteiger partial charge on any atom is -0.394 e. The largest absolute Gasteiger partial charge is 0.394 e. The van der Waals surface area contributed by atoms with Gasteiger partial charge >= 0.3 is 0 Å². The molecule has 3 nitrogen and oxygen atoms in total. The summed E-state index contributed by atoms with van der Waals surface area (Å²) < 4.78 is 5.91. The Morgan fingerprint density at radius 1 is 0.933 bits per heavy atom. The predicted molar refractivity (Wildman–Crippen MR) is 121 cm³/mol. The average Bonchev–Trinajstić information content (AvgIpc) is 2.81. The van der Waals surface area contributed by atoms with E-state index in [1.165, 1.54) is 0 Å². The molecule has 1 saturated heterocycles. The molecule has 1 aliphatic rings. The highest BCUT2D eigenvalue weighted by Gasteiger charge is 2.36. The summed E-state index contributed by atoms with van der Waals surface area (Å²) in [6.45, 7) is 2.10. The topological polar surface area (TPSA) is 55.5 Å². The van der Waals surface area contributed by atoms with E-state index < -0.39 is 11.5 Å². The zero-order valence-corrected chi connectivity index (χ0v) is 17.3. The molecule has 4 heteroatoms. The fourth-order valence-corrected chi connectivity index (χ4v) is 4.58. The van der Waals surface area contributed by atoms with E-state index in [2.05, 4.69) is 49.4 Å². The Kier molecular flexibility index (Phi) is 6.10. The normalized spacial score (nSPS) is 24.5. The molecule has 3 aromatic rings. The number of benzene rings is 3. The summed E-state index contributed by atoms with van der Waals surface area (Å²) in [4.78, 5) is 0. The smallest absolute Gasteiger partial charge is 0.109 e. The Morgan fingerprint density at radius 2 is 1.50 bits per heavy atom. The molecule has 152 valence electrons. The Bertz CT molecular complexity index is 924. The molecule has 1 aliphatic heterocycles. The lowest BCUT2D eigenvalue weighted by Gasteiger charge is -2.39. The van der Waals surface area contributed by atoms with Crippen LogP contribution in [0.5, 0.6) is 0 Å². The van der Waals surface area contributed by atoms with Gasteiger partial charge in [0, 0.05) is 11.9 Å². The molecule has 4 rings (SSSR count). The highest BCUT2D eigenvalue weighted by Crippen LogP contribution is 2.39. The van der Waals surface area contributed by atoms with Gasteiger partial charge in [0.1, 0.15) is 7.85 Å². The molecular formula is C26H28BNO2. The first-order valence-electron chi connectivity index (χ1n) is 10.6. The summed E-state index contributed by atoms with van der Waals surface area (Å²) in [5.41, 5.74) is 10.6. The summed E-state index contributed by atoms with van der Waals surface area (Å²) in [6, 6.07) is 28.3. The summed E-state index contributed by atoms with van der Waals surface area (Å²) in [5.74, 6) is 0.285. The van der Waals surface area contributed by atoms with Crippen LogP contribution < -0.4 is 5.73 Å². The van der Waals surface area contributed by atoms with Crippen molar-refractivity contribution in [2.75, 3.05) is 6.61 Å². The summed E-state index contributed by atoms with van der Waals surface area (Å²) in [5, 5.41) is 9.54. The van der Waals surface area contributed by atoms with Gasteiger partial charge in [0.2, 0.25) is 0 Å². The van der Waals surface area contributed by atoms with Crippen molar-refractivity contribution in [3.8, 4) is 0 Å². The third-order valence-electron chi connectivity index (χ3n) is 6.40. The molecule has 0 amide bonds. The van der Waals surface area contributed by atoms with Crippen molar-refractivity contribution >= 4 is 7.85 Å². The van der Waals surface area contributed by atoms with Crippen molar-refractivity contribution in [2.24, 2.45) is 11.7 Å². The molecule has 0 bridgehead atoms. The van der Waals surface area contributed by atoms with Crippen molar-refractivity contribution in [2.45, 2.75) is 36.9 Å². The molecule has 2 radical (unpaired) electrons. The second-order valence-electron chi connectivity index (χ2n) is 8.31. The van der Waals surface area contributed by atoms with Gasteiger partial charge in [-0.15, -0.1) is 0 Å². The number of hydrogen-bond donors (Lipinski definition) is 2. The zero-order chi connectivity index (χ0) is 21.1. The molecule has 1 fully saturated rings. The lowest BCUT2D eigenvalue weighted by molar-refractivity contribution is -0.0779. The SMILES string of the molecule is [B][C@@H]1O[C@H](CO)[C@@H](C)CC1c1cccc(C(N)(c2ccccc2)c2ccccc2)c1. The van der Waals surface area contributed by atoms with Crippen LogP contribution in [0.15, 0.2) is 84.9 Å². The number of hydrogen-bond acceptors (Lipinski definition) is 3. The molecule has 0 aliphatic carbocycles. The van der Waals surface area contributed by atoms with Crippen LogP contribution in [0.4, 0.5) is 0 Å². The van der Waals surface area contributed by atoms with E-state index >= 15 is 0 Å². The number of nitrogens with two attached hydrogens (primary N) is 1. The van der Waals surface area contributed by atoms with Gasteiger partial charge in [-0.2, -0.15) is 0 Å². The van der Waals surface area contributed by atoms with Crippen molar-refractivity contribution < 1.29 is 9.84 Å². The molecule has 1 unspecified atom stereocenters. The predicted octanol–water partition coefficient (Wildman–Crippen LogP) is 3.93. The summed E-state index contributed by atoms with van der Waals surface area (Å²) in [6.07, 6.45) is 0.658. The van der Waals surface area contributed by atoms with Gasteiger partial charge in [-0.1, -0.05) is 91.9 Å². The van der Waals surface area contributed by atoms with Crippen LogP contribution in [0.25, 0.3) is 0 Å². The number of aliphatic hydroxyl groups is 1. The maximum atomic E-state index is 9.54. The van der Waals surface area contributed by atoms with Crippen LogP contribution in [-0.2, 0) is 10.3 Å².